The molecule has 33 heavy (non-hydrogen) atoms. The standard InChI is InChI=1S/C23H21N3O4S.C2H6/c1-11(2)13-7-8-14-17(9-13)30-23(29)15-5-4-6-16(24)18(15)20(27)22(14,23)26-21(28)19-12(3)25-10-31-19;1-2/h4-11,29H,24H2,1-3H3,(H,26,28);1-2H3. The van der Waals surface area contributed by atoms with Crippen molar-refractivity contribution in [3.63, 3.8) is 0 Å². The molecule has 4 N–H and O–H groups in total. The molecule has 2 aromatic carbocycles. The molecule has 0 bridgehead atoms. The van der Waals surface area contributed by atoms with Crippen molar-refractivity contribution in [2.75, 3.05) is 5.73 Å². The highest BCUT2D eigenvalue weighted by molar-refractivity contribution is 7.11. The monoisotopic (exact) mass is 465 g/mol. The summed E-state index contributed by atoms with van der Waals surface area (Å²) in [4.78, 5) is 31.6. The maximum atomic E-state index is 13.9. The number of ketones is 1. The summed E-state index contributed by atoms with van der Waals surface area (Å²) in [6.45, 7) is 9.79. The molecule has 0 saturated heterocycles. The van der Waals surface area contributed by atoms with Crippen LogP contribution >= 0.6 is 11.3 Å². The number of anilines is 1. The summed E-state index contributed by atoms with van der Waals surface area (Å²) < 4.78 is 6.07. The minimum atomic E-state index is -2.12. The number of Topliss-reactive ketones (excluding diaryl/α,β-unsaturated/α-hetero) is 1. The third-order valence-electron chi connectivity index (χ3n) is 6.12. The van der Waals surface area contributed by atoms with Crippen LogP contribution in [0.15, 0.2) is 41.9 Å². The molecule has 172 valence electrons. The normalized spacial score (nSPS) is 22.1. The van der Waals surface area contributed by atoms with Crippen LogP contribution in [0.5, 0.6) is 5.75 Å². The zero-order valence-electron chi connectivity index (χ0n) is 19.2. The van der Waals surface area contributed by atoms with Crippen LogP contribution in [0.3, 0.4) is 0 Å². The number of benzene rings is 2. The predicted octanol–water partition coefficient (Wildman–Crippen LogP) is 4.24. The highest BCUT2D eigenvalue weighted by Crippen LogP contribution is 2.59. The number of hydrogen-bond acceptors (Lipinski definition) is 7. The maximum absolute atomic E-state index is 13.9. The number of hydrogen-bond donors (Lipinski definition) is 3. The zero-order valence-corrected chi connectivity index (χ0v) is 20.0. The summed E-state index contributed by atoms with van der Waals surface area (Å²) in [5, 5.41) is 14.7. The Balaban J connectivity index is 0.00000126. The molecule has 7 nitrogen and oxygen atoms in total. The maximum Gasteiger partial charge on any atom is 0.271 e. The van der Waals surface area contributed by atoms with E-state index in [2.05, 4.69) is 10.3 Å². The highest BCUT2D eigenvalue weighted by atomic mass is 32.1. The van der Waals surface area contributed by atoms with E-state index in [0.717, 1.165) is 5.56 Å². The van der Waals surface area contributed by atoms with E-state index in [1.54, 1.807) is 42.8 Å². The topological polar surface area (TPSA) is 115 Å². The fraction of sp³-hybridized carbons (Fsp3) is 0.320. The second-order valence-corrected chi connectivity index (χ2v) is 9.08. The van der Waals surface area contributed by atoms with E-state index < -0.39 is 23.0 Å². The van der Waals surface area contributed by atoms with E-state index >= 15 is 0 Å². The van der Waals surface area contributed by atoms with Gasteiger partial charge in [0.25, 0.3) is 11.7 Å². The summed E-state index contributed by atoms with van der Waals surface area (Å²) in [6, 6.07) is 10.3. The fourth-order valence-electron chi connectivity index (χ4n) is 4.49. The number of nitrogen functional groups attached to an aromatic ring is 1. The van der Waals surface area contributed by atoms with Crippen molar-refractivity contribution in [1.29, 1.82) is 0 Å². The fourth-order valence-corrected chi connectivity index (χ4v) is 5.19. The van der Waals surface area contributed by atoms with Gasteiger partial charge in [-0.25, -0.2) is 4.98 Å². The van der Waals surface area contributed by atoms with Gasteiger partial charge in [-0.15, -0.1) is 11.3 Å². The minimum absolute atomic E-state index is 0.157. The summed E-state index contributed by atoms with van der Waals surface area (Å²) >= 11 is 1.17. The largest absolute Gasteiger partial charge is 0.454 e. The second kappa shape index (κ2) is 7.97. The van der Waals surface area contributed by atoms with Gasteiger partial charge in [-0.05, 0) is 30.5 Å². The molecule has 3 aromatic rings. The van der Waals surface area contributed by atoms with E-state index in [9.17, 15) is 14.7 Å². The number of rotatable bonds is 3. The Morgan fingerprint density at radius 1 is 1.21 bits per heavy atom. The van der Waals surface area contributed by atoms with Gasteiger partial charge < -0.3 is 20.9 Å². The number of nitrogens with zero attached hydrogens (tertiary/aromatic N) is 1. The van der Waals surface area contributed by atoms with Crippen molar-refractivity contribution in [1.82, 2.24) is 10.3 Å². The van der Waals surface area contributed by atoms with Crippen molar-refractivity contribution in [2.24, 2.45) is 0 Å². The number of ether oxygens (including phenoxy) is 1. The third kappa shape index (κ3) is 3.01. The van der Waals surface area contributed by atoms with Gasteiger partial charge in [0.05, 0.1) is 16.8 Å². The van der Waals surface area contributed by atoms with Gasteiger partial charge in [0.15, 0.2) is 0 Å². The quantitative estimate of drug-likeness (QED) is 0.499. The van der Waals surface area contributed by atoms with Crippen LogP contribution in [0.25, 0.3) is 0 Å². The van der Waals surface area contributed by atoms with Crippen molar-refractivity contribution >= 4 is 28.7 Å². The zero-order chi connectivity index (χ0) is 24.1. The van der Waals surface area contributed by atoms with E-state index in [-0.39, 0.29) is 22.7 Å². The minimum Gasteiger partial charge on any atom is -0.454 e. The second-order valence-electron chi connectivity index (χ2n) is 8.23. The molecule has 0 fully saturated rings. The number of aryl methyl sites for hydroxylation is 1. The highest BCUT2D eigenvalue weighted by Gasteiger charge is 2.72. The molecule has 1 aliphatic carbocycles. The van der Waals surface area contributed by atoms with E-state index in [1.165, 1.54) is 11.3 Å². The van der Waals surface area contributed by atoms with E-state index in [1.807, 2.05) is 33.8 Å². The number of fused-ring (bicyclic) bond motifs is 5. The summed E-state index contributed by atoms with van der Waals surface area (Å²) in [6.07, 6.45) is 0. The lowest BCUT2D eigenvalue weighted by molar-refractivity contribution is -0.169. The molecule has 0 saturated carbocycles. The number of thiazole rings is 1. The van der Waals surface area contributed by atoms with Crippen LogP contribution in [0.2, 0.25) is 0 Å². The molecule has 2 unspecified atom stereocenters. The lowest BCUT2D eigenvalue weighted by Gasteiger charge is -2.34. The average Bonchev–Trinajstić information content (AvgIpc) is 3.38. The number of amides is 1. The molecule has 2 atom stereocenters. The van der Waals surface area contributed by atoms with Gasteiger partial charge >= 0.3 is 0 Å². The van der Waals surface area contributed by atoms with Crippen LogP contribution < -0.4 is 15.8 Å². The predicted molar refractivity (Wildman–Crippen MR) is 128 cm³/mol. The lowest BCUT2D eigenvalue weighted by Crippen LogP contribution is -2.60. The molecule has 2 aliphatic rings. The Morgan fingerprint density at radius 2 is 1.94 bits per heavy atom. The molecule has 1 aliphatic heterocycles. The summed E-state index contributed by atoms with van der Waals surface area (Å²) in [5.74, 6) is -2.57. The number of nitrogens with one attached hydrogen (secondary N) is 1. The van der Waals surface area contributed by atoms with E-state index in [0.29, 0.717) is 21.9 Å². The van der Waals surface area contributed by atoms with Gasteiger partial charge in [-0.2, -0.15) is 0 Å². The number of nitrogens with two attached hydrogens (primary N) is 1. The van der Waals surface area contributed by atoms with Crippen LogP contribution in [0.1, 0.15) is 76.0 Å². The van der Waals surface area contributed by atoms with Gasteiger partial charge in [0.2, 0.25) is 11.3 Å². The molecular weight excluding hydrogens is 438 g/mol. The molecule has 5 rings (SSSR count). The lowest BCUT2D eigenvalue weighted by atomic mass is 9.82. The Hall–Kier alpha value is -3.23. The number of aliphatic hydroxyl groups is 1. The Kier molecular flexibility index (Phi) is 5.54. The van der Waals surface area contributed by atoms with Gasteiger partial charge in [-0.3, -0.25) is 9.59 Å². The molecule has 8 heteroatoms. The van der Waals surface area contributed by atoms with Crippen LogP contribution in [0, 0.1) is 6.92 Å². The van der Waals surface area contributed by atoms with Gasteiger partial charge in [0, 0.05) is 16.8 Å². The average molecular weight is 466 g/mol. The molecule has 2 heterocycles. The van der Waals surface area contributed by atoms with Crippen LogP contribution in [-0.2, 0) is 11.3 Å². The first kappa shape index (κ1) is 22.9. The Morgan fingerprint density at radius 3 is 2.58 bits per heavy atom. The Bertz CT molecular complexity index is 1270. The van der Waals surface area contributed by atoms with Crippen molar-refractivity contribution in [3.05, 3.63) is 74.7 Å². The van der Waals surface area contributed by atoms with Crippen molar-refractivity contribution in [2.45, 2.75) is 51.9 Å². The third-order valence-corrected chi connectivity index (χ3v) is 7.05. The first-order valence-electron chi connectivity index (χ1n) is 10.9. The molecule has 1 amide bonds. The van der Waals surface area contributed by atoms with Crippen molar-refractivity contribution < 1.29 is 19.4 Å². The molecule has 0 radical (unpaired) electrons. The van der Waals surface area contributed by atoms with Gasteiger partial charge in [0.1, 0.15) is 10.6 Å². The summed E-state index contributed by atoms with van der Waals surface area (Å²) in [5.41, 5.74) is 8.35. The SMILES string of the molecule is CC.Cc1ncsc1C(=O)NC12C(=O)c3c(N)cccc3C1(O)Oc1cc(C(C)C)ccc12. The Labute approximate surface area is 196 Å². The molecule has 1 aromatic heterocycles. The first-order chi connectivity index (χ1) is 15.7. The first-order valence-corrected chi connectivity index (χ1v) is 11.8. The van der Waals surface area contributed by atoms with Crippen LogP contribution in [0.4, 0.5) is 5.69 Å². The molecular formula is C25H27N3O4S. The smallest absolute Gasteiger partial charge is 0.271 e. The number of carbonyl (C=O) groups is 2. The number of carbonyl (C=O) groups excluding carboxylic acids is 2. The molecule has 0 spiro atoms. The van der Waals surface area contributed by atoms with Crippen molar-refractivity contribution in [3.8, 4) is 5.75 Å². The van der Waals surface area contributed by atoms with E-state index in [4.69, 9.17) is 10.5 Å². The van der Waals surface area contributed by atoms with Gasteiger partial charge in [-0.1, -0.05) is 52.0 Å². The number of aromatic nitrogens is 1. The van der Waals surface area contributed by atoms with Crippen LogP contribution in [-0.4, -0.2) is 21.8 Å². The summed E-state index contributed by atoms with van der Waals surface area (Å²) in [7, 11) is 0.